The van der Waals surface area contributed by atoms with Crippen LogP contribution >= 0.6 is 0 Å². The lowest BCUT2D eigenvalue weighted by molar-refractivity contribution is 0.0951. The van der Waals surface area contributed by atoms with Gasteiger partial charge in [0.15, 0.2) is 0 Å². The summed E-state index contributed by atoms with van der Waals surface area (Å²) in [6.07, 6.45) is 5.45. The first-order valence-electron chi connectivity index (χ1n) is 11.0. The number of nitrogens with one attached hydrogen (secondary N) is 1. The number of nitrogens with two attached hydrogens (primary N) is 1. The van der Waals surface area contributed by atoms with Gasteiger partial charge in [-0.1, -0.05) is 12.1 Å². The van der Waals surface area contributed by atoms with Gasteiger partial charge in [-0.2, -0.15) is 0 Å². The molecule has 1 aliphatic carbocycles. The van der Waals surface area contributed by atoms with E-state index in [0.29, 0.717) is 18.2 Å². The summed E-state index contributed by atoms with van der Waals surface area (Å²) in [6.45, 7) is 0.600. The molecule has 3 heterocycles. The molecule has 1 unspecified atom stereocenters. The Balaban J connectivity index is 1.22. The van der Waals surface area contributed by atoms with Crippen LogP contribution in [0.4, 0.5) is 11.6 Å². The number of aromatic nitrogens is 2. The Morgan fingerprint density at radius 1 is 1.09 bits per heavy atom. The van der Waals surface area contributed by atoms with Crippen LogP contribution in [0, 0.1) is 5.92 Å². The summed E-state index contributed by atoms with van der Waals surface area (Å²) in [5.74, 6) is 1.31. The maximum atomic E-state index is 12.4. The molecule has 3 N–H and O–H groups in total. The number of amides is 1. The summed E-state index contributed by atoms with van der Waals surface area (Å²) in [5, 5.41) is 3.06. The average Bonchev–Trinajstić information content (AvgIpc) is 3.52. The Morgan fingerprint density at radius 3 is 2.84 bits per heavy atom. The van der Waals surface area contributed by atoms with E-state index in [2.05, 4.69) is 33.5 Å². The van der Waals surface area contributed by atoms with Crippen molar-refractivity contribution in [3.8, 4) is 17.0 Å². The highest BCUT2D eigenvalue weighted by Gasteiger charge is 2.29. The van der Waals surface area contributed by atoms with Crippen molar-refractivity contribution in [2.75, 3.05) is 12.3 Å². The van der Waals surface area contributed by atoms with Crippen LogP contribution in [0.1, 0.15) is 34.3 Å². The van der Waals surface area contributed by atoms with Crippen molar-refractivity contribution in [2.45, 2.75) is 31.7 Å². The first kappa shape index (κ1) is 19.0. The number of aliphatic imine (C=N–C) groups is 1. The van der Waals surface area contributed by atoms with Crippen molar-refractivity contribution in [3.05, 3.63) is 65.4 Å². The number of rotatable bonds is 4. The standard InChI is InChI=1S/C25H23N5O2/c26-25-27-8-7-20(30-25)14-1-2-15-12-22(29-21(15)11-14)18-10-17-9-16(3-6-23(17)32-13-18)24(31)28-19-4-5-19/h1-3,6-9,11,18-19H,4-5,10,12-13H2,(H,28,31)(H2,26,27,30). The molecule has 3 aromatic rings. The van der Waals surface area contributed by atoms with Gasteiger partial charge in [0, 0.05) is 41.4 Å². The van der Waals surface area contributed by atoms with Gasteiger partial charge in [-0.3, -0.25) is 9.79 Å². The Hall–Kier alpha value is -3.74. The summed E-state index contributed by atoms with van der Waals surface area (Å²) in [6, 6.07) is 14.1. The Morgan fingerprint density at radius 2 is 2.00 bits per heavy atom. The third-order valence-corrected chi connectivity index (χ3v) is 6.30. The van der Waals surface area contributed by atoms with E-state index in [1.807, 2.05) is 24.3 Å². The zero-order chi connectivity index (χ0) is 21.7. The fraction of sp³-hybridized carbons (Fsp3) is 0.280. The SMILES string of the molecule is Nc1nccc(-c2ccc3c(c2)N=C(C2COc4ccc(C(=O)NC5CC5)cc4C2)C3)n1. The summed E-state index contributed by atoms with van der Waals surface area (Å²) < 4.78 is 6.04. The van der Waals surface area contributed by atoms with Gasteiger partial charge in [0.05, 0.1) is 18.0 Å². The molecule has 160 valence electrons. The highest BCUT2D eigenvalue weighted by molar-refractivity contribution is 5.97. The van der Waals surface area contributed by atoms with E-state index in [0.717, 1.165) is 59.7 Å². The summed E-state index contributed by atoms with van der Waals surface area (Å²) in [7, 11) is 0. The zero-order valence-corrected chi connectivity index (χ0v) is 17.5. The normalized spacial score (nSPS) is 18.9. The second-order valence-corrected chi connectivity index (χ2v) is 8.71. The molecule has 2 aromatic carbocycles. The summed E-state index contributed by atoms with van der Waals surface area (Å²) >= 11 is 0. The highest BCUT2D eigenvalue weighted by atomic mass is 16.5. The molecular formula is C25H23N5O2. The first-order valence-corrected chi connectivity index (χ1v) is 11.0. The minimum atomic E-state index is 0.000855. The van der Waals surface area contributed by atoms with Crippen LogP contribution in [0.3, 0.4) is 0 Å². The highest BCUT2D eigenvalue weighted by Crippen LogP contribution is 2.36. The van der Waals surface area contributed by atoms with Crippen LogP contribution in [-0.2, 0) is 12.8 Å². The molecule has 2 aliphatic heterocycles. The lowest BCUT2D eigenvalue weighted by Gasteiger charge is -2.26. The van der Waals surface area contributed by atoms with Gasteiger partial charge in [-0.25, -0.2) is 9.97 Å². The number of fused-ring (bicyclic) bond motifs is 2. The van der Waals surface area contributed by atoms with Crippen molar-refractivity contribution in [2.24, 2.45) is 10.9 Å². The van der Waals surface area contributed by atoms with E-state index < -0.39 is 0 Å². The number of hydrogen-bond donors (Lipinski definition) is 2. The molecule has 0 saturated heterocycles. The Labute approximate surface area is 185 Å². The van der Waals surface area contributed by atoms with Crippen molar-refractivity contribution >= 4 is 23.3 Å². The average molecular weight is 425 g/mol. The molecule has 1 aromatic heterocycles. The monoisotopic (exact) mass is 425 g/mol. The third-order valence-electron chi connectivity index (χ3n) is 6.30. The van der Waals surface area contributed by atoms with Gasteiger partial charge in [0.2, 0.25) is 5.95 Å². The molecular weight excluding hydrogens is 402 g/mol. The molecule has 3 aliphatic rings. The van der Waals surface area contributed by atoms with Gasteiger partial charge in [-0.05, 0) is 60.7 Å². The minimum absolute atomic E-state index is 0.000855. The lowest BCUT2D eigenvalue weighted by Crippen LogP contribution is -2.29. The van der Waals surface area contributed by atoms with Gasteiger partial charge in [-0.15, -0.1) is 0 Å². The molecule has 1 amide bonds. The number of nitrogen functional groups attached to an aromatic ring is 1. The maximum Gasteiger partial charge on any atom is 0.251 e. The molecule has 0 radical (unpaired) electrons. The minimum Gasteiger partial charge on any atom is -0.493 e. The molecule has 1 fully saturated rings. The largest absolute Gasteiger partial charge is 0.493 e. The van der Waals surface area contributed by atoms with Crippen LogP contribution in [0.25, 0.3) is 11.3 Å². The second kappa shape index (κ2) is 7.44. The number of carbonyl (C=O) groups is 1. The molecule has 7 nitrogen and oxygen atoms in total. The Bertz CT molecular complexity index is 1260. The van der Waals surface area contributed by atoms with E-state index >= 15 is 0 Å². The number of nitrogens with zero attached hydrogens (tertiary/aromatic N) is 3. The van der Waals surface area contributed by atoms with E-state index in [4.69, 9.17) is 15.5 Å². The van der Waals surface area contributed by atoms with Gasteiger partial charge < -0.3 is 15.8 Å². The first-order chi connectivity index (χ1) is 15.6. The maximum absolute atomic E-state index is 12.4. The van der Waals surface area contributed by atoms with Crippen molar-refractivity contribution < 1.29 is 9.53 Å². The molecule has 1 saturated carbocycles. The van der Waals surface area contributed by atoms with E-state index in [-0.39, 0.29) is 17.8 Å². The quantitative estimate of drug-likeness (QED) is 0.666. The van der Waals surface area contributed by atoms with Gasteiger partial charge in [0.1, 0.15) is 5.75 Å². The zero-order valence-electron chi connectivity index (χ0n) is 17.5. The molecule has 0 bridgehead atoms. The van der Waals surface area contributed by atoms with Crippen LogP contribution in [0.5, 0.6) is 5.75 Å². The Kier molecular flexibility index (Phi) is 4.41. The van der Waals surface area contributed by atoms with Crippen molar-refractivity contribution in [1.29, 1.82) is 0 Å². The van der Waals surface area contributed by atoms with Crippen LogP contribution in [0.2, 0.25) is 0 Å². The number of benzene rings is 2. The fourth-order valence-corrected chi connectivity index (χ4v) is 4.38. The summed E-state index contributed by atoms with van der Waals surface area (Å²) in [4.78, 5) is 25.7. The molecule has 1 atom stereocenters. The molecule has 0 spiro atoms. The lowest BCUT2D eigenvalue weighted by atomic mass is 9.89. The van der Waals surface area contributed by atoms with Crippen LogP contribution in [-0.4, -0.2) is 34.2 Å². The number of hydrogen-bond acceptors (Lipinski definition) is 6. The molecule has 6 rings (SSSR count). The second-order valence-electron chi connectivity index (χ2n) is 8.71. The van der Waals surface area contributed by atoms with Crippen molar-refractivity contribution in [1.82, 2.24) is 15.3 Å². The molecule has 32 heavy (non-hydrogen) atoms. The van der Waals surface area contributed by atoms with E-state index in [9.17, 15) is 4.79 Å². The smallest absolute Gasteiger partial charge is 0.251 e. The van der Waals surface area contributed by atoms with Crippen LogP contribution in [0.15, 0.2) is 53.7 Å². The summed E-state index contributed by atoms with van der Waals surface area (Å²) in [5.41, 5.74) is 12.6. The van der Waals surface area contributed by atoms with Crippen molar-refractivity contribution in [3.63, 3.8) is 0 Å². The number of carbonyl (C=O) groups excluding carboxylic acids is 1. The third kappa shape index (κ3) is 3.60. The van der Waals surface area contributed by atoms with Gasteiger partial charge >= 0.3 is 0 Å². The van der Waals surface area contributed by atoms with Gasteiger partial charge in [0.25, 0.3) is 5.91 Å². The number of ether oxygens (including phenoxy) is 1. The van der Waals surface area contributed by atoms with Crippen LogP contribution < -0.4 is 15.8 Å². The topological polar surface area (TPSA) is 102 Å². The predicted octanol–water partition coefficient (Wildman–Crippen LogP) is 3.50. The van der Waals surface area contributed by atoms with E-state index in [1.165, 1.54) is 5.56 Å². The predicted molar refractivity (Wildman–Crippen MR) is 122 cm³/mol. The van der Waals surface area contributed by atoms with E-state index in [1.54, 1.807) is 6.20 Å². The fourth-order valence-electron chi connectivity index (χ4n) is 4.38. The molecule has 7 heteroatoms. The number of anilines is 1.